The number of rotatable bonds is 8. The van der Waals surface area contributed by atoms with Gasteiger partial charge in [0.05, 0.1) is 16.3 Å². The van der Waals surface area contributed by atoms with Crippen LogP contribution in [0.25, 0.3) is 5.69 Å². The second-order valence-corrected chi connectivity index (χ2v) is 9.31. The molecule has 0 aliphatic carbocycles. The second kappa shape index (κ2) is 9.92. The van der Waals surface area contributed by atoms with Gasteiger partial charge >= 0.3 is 5.97 Å². The van der Waals surface area contributed by atoms with Crippen LogP contribution in [0.1, 0.15) is 37.0 Å². The van der Waals surface area contributed by atoms with E-state index in [0.717, 1.165) is 0 Å². The van der Waals surface area contributed by atoms with E-state index in [2.05, 4.69) is 20.2 Å². The summed E-state index contributed by atoms with van der Waals surface area (Å²) < 4.78 is 32.1. The standard InChI is InChI=1S/C22H25N5O5S/c1-14(2)26-33(30,31)19-12-10-17(11-13-19)23-21(28)16(4)32-22(29)20-15(3)24-27(25-20)18-8-6-5-7-9-18/h5-14,16,26H,1-4H3,(H,23,28). The van der Waals surface area contributed by atoms with Crippen molar-refractivity contribution in [2.45, 2.75) is 44.7 Å². The number of esters is 1. The van der Waals surface area contributed by atoms with Crippen molar-refractivity contribution in [2.24, 2.45) is 0 Å². The van der Waals surface area contributed by atoms with Crippen LogP contribution in [-0.2, 0) is 19.6 Å². The summed E-state index contributed by atoms with van der Waals surface area (Å²) in [6.45, 7) is 6.49. The molecular weight excluding hydrogens is 446 g/mol. The summed E-state index contributed by atoms with van der Waals surface area (Å²) in [5, 5.41) is 11.0. The maximum atomic E-state index is 12.5. The highest BCUT2D eigenvalue weighted by atomic mass is 32.2. The van der Waals surface area contributed by atoms with Crippen LogP contribution >= 0.6 is 0 Å². The van der Waals surface area contributed by atoms with E-state index in [1.54, 1.807) is 32.9 Å². The van der Waals surface area contributed by atoms with Crippen LogP contribution in [0.2, 0.25) is 0 Å². The number of sulfonamides is 1. The molecule has 2 aromatic carbocycles. The van der Waals surface area contributed by atoms with Gasteiger partial charge in [0.2, 0.25) is 10.0 Å². The molecule has 0 aliphatic rings. The number of nitrogens with zero attached hydrogens (tertiary/aromatic N) is 3. The Kier molecular flexibility index (Phi) is 7.24. The first-order valence-corrected chi connectivity index (χ1v) is 11.7. The predicted octanol–water partition coefficient (Wildman–Crippen LogP) is 2.45. The summed E-state index contributed by atoms with van der Waals surface area (Å²) in [7, 11) is -3.64. The lowest BCUT2D eigenvalue weighted by Gasteiger charge is -2.14. The Morgan fingerprint density at radius 3 is 2.21 bits per heavy atom. The lowest BCUT2D eigenvalue weighted by molar-refractivity contribution is -0.123. The molecule has 2 N–H and O–H groups in total. The highest BCUT2D eigenvalue weighted by molar-refractivity contribution is 7.89. The Morgan fingerprint density at radius 2 is 1.61 bits per heavy atom. The molecule has 1 amide bonds. The number of nitrogens with one attached hydrogen (secondary N) is 2. The average Bonchev–Trinajstić information content (AvgIpc) is 3.15. The quantitative estimate of drug-likeness (QED) is 0.482. The number of anilines is 1. The molecule has 1 unspecified atom stereocenters. The molecule has 1 aromatic heterocycles. The SMILES string of the molecule is Cc1nn(-c2ccccc2)nc1C(=O)OC(C)C(=O)Nc1ccc(S(=O)(=O)NC(C)C)cc1. The van der Waals surface area contributed by atoms with E-state index in [4.69, 9.17) is 4.74 Å². The van der Waals surface area contributed by atoms with Crippen molar-refractivity contribution >= 4 is 27.6 Å². The molecule has 3 aromatic rings. The summed E-state index contributed by atoms with van der Waals surface area (Å²) in [5.41, 5.74) is 1.41. The van der Waals surface area contributed by atoms with Crippen LogP contribution < -0.4 is 10.0 Å². The fourth-order valence-electron chi connectivity index (χ4n) is 2.85. The molecule has 174 valence electrons. The highest BCUT2D eigenvalue weighted by Crippen LogP contribution is 2.16. The fourth-order valence-corrected chi connectivity index (χ4v) is 4.10. The summed E-state index contributed by atoms with van der Waals surface area (Å²) in [6, 6.07) is 14.5. The molecule has 0 spiro atoms. The zero-order valence-electron chi connectivity index (χ0n) is 18.6. The van der Waals surface area contributed by atoms with E-state index in [1.165, 1.54) is 36.0 Å². The number of aromatic nitrogens is 3. The predicted molar refractivity (Wildman–Crippen MR) is 122 cm³/mol. The summed E-state index contributed by atoms with van der Waals surface area (Å²) in [5.74, 6) is -1.36. The first-order chi connectivity index (χ1) is 15.6. The zero-order chi connectivity index (χ0) is 24.2. The van der Waals surface area contributed by atoms with Gasteiger partial charge in [0.25, 0.3) is 5.91 Å². The van der Waals surface area contributed by atoms with E-state index in [-0.39, 0.29) is 16.6 Å². The Morgan fingerprint density at radius 1 is 0.970 bits per heavy atom. The maximum absolute atomic E-state index is 12.5. The molecule has 10 nitrogen and oxygen atoms in total. The highest BCUT2D eigenvalue weighted by Gasteiger charge is 2.24. The van der Waals surface area contributed by atoms with E-state index >= 15 is 0 Å². The van der Waals surface area contributed by atoms with Crippen LogP contribution in [-0.4, -0.2) is 47.4 Å². The molecule has 0 aliphatic heterocycles. The van der Waals surface area contributed by atoms with Crippen LogP contribution in [0.4, 0.5) is 5.69 Å². The van der Waals surface area contributed by atoms with Gasteiger partial charge in [0, 0.05) is 11.7 Å². The third kappa shape index (κ3) is 6.02. The zero-order valence-corrected chi connectivity index (χ0v) is 19.5. The van der Waals surface area contributed by atoms with Gasteiger partial charge in [-0.1, -0.05) is 18.2 Å². The number of hydrogen-bond donors (Lipinski definition) is 2. The maximum Gasteiger partial charge on any atom is 0.361 e. The van der Waals surface area contributed by atoms with Crippen molar-refractivity contribution in [3.8, 4) is 5.69 Å². The Hall–Kier alpha value is -3.57. The van der Waals surface area contributed by atoms with E-state index in [0.29, 0.717) is 17.1 Å². The third-order valence-electron chi connectivity index (χ3n) is 4.44. The average molecular weight is 472 g/mol. The smallest absolute Gasteiger partial charge is 0.361 e. The Balaban J connectivity index is 1.63. The van der Waals surface area contributed by atoms with Gasteiger partial charge in [0.15, 0.2) is 11.8 Å². The van der Waals surface area contributed by atoms with Crippen molar-refractivity contribution < 1.29 is 22.7 Å². The third-order valence-corrected chi connectivity index (χ3v) is 6.11. The molecule has 0 bridgehead atoms. The van der Waals surface area contributed by atoms with Gasteiger partial charge in [0.1, 0.15) is 0 Å². The van der Waals surface area contributed by atoms with Crippen molar-refractivity contribution in [2.75, 3.05) is 5.32 Å². The van der Waals surface area contributed by atoms with Gasteiger partial charge in [-0.25, -0.2) is 17.9 Å². The lowest BCUT2D eigenvalue weighted by Crippen LogP contribution is -2.31. The minimum absolute atomic E-state index is 0.00529. The molecule has 0 saturated carbocycles. The van der Waals surface area contributed by atoms with E-state index in [1.807, 2.05) is 18.2 Å². The number of benzene rings is 2. The first kappa shape index (κ1) is 24.1. The molecule has 0 radical (unpaired) electrons. The van der Waals surface area contributed by atoms with Gasteiger partial charge in [-0.3, -0.25) is 4.79 Å². The van der Waals surface area contributed by atoms with Crippen LogP contribution in [0.3, 0.4) is 0 Å². The molecule has 1 heterocycles. The van der Waals surface area contributed by atoms with E-state index < -0.39 is 28.0 Å². The summed E-state index contributed by atoms with van der Waals surface area (Å²) in [6.07, 6.45) is -1.12. The Bertz CT molecular complexity index is 1240. The Labute approximate surface area is 192 Å². The fraction of sp³-hybridized carbons (Fsp3) is 0.273. The number of carbonyl (C=O) groups is 2. The topological polar surface area (TPSA) is 132 Å². The molecular formula is C22H25N5O5S. The van der Waals surface area contributed by atoms with Crippen molar-refractivity contribution in [1.29, 1.82) is 0 Å². The summed E-state index contributed by atoms with van der Waals surface area (Å²) >= 11 is 0. The van der Waals surface area contributed by atoms with Crippen molar-refractivity contribution in [3.05, 3.63) is 66.0 Å². The molecule has 0 saturated heterocycles. The first-order valence-electron chi connectivity index (χ1n) is 10.2. The van der Waals surface area contributed by atoms with Crippen molar-refractivity contribution in [1.82, 2.24) is 19.7 Å². The number of amides is 1. The molecule has 1 atom stereocenters. The van der Waals surface area contributed by atoms with Gasteiger partial charge in [-0.15, -0.1) is 5.10 Å². The van der Waals surface area contributed by atoms with Gasteiger partial charge in [-0.05, 0) is 64.1 Å². The monoisotopic (exact) mass is 471 g/mol. The van der Waals surface area contributed by atoms with Crippen LogP contribution in [0.15, 0.2) is 59.5 Å². The summed E-state index contributed by atoms with van der Waals surface area (Å²) in [4.78, 5) is 26.4. The number of hydrogen-bond acceptors (Lipinski definition) is 7. The molecule has 0 fully saturated rings. The normalized spacial score (nSPS) is 12.4. The van der Waals surface area contributed by atoms with Crippen LogP contribution in [0.5, 0.6) is 0 Å². The molecule has 11 heteroatoms. The number of aryl methyl sites for hydroxylation is 1. The van der Waals surface area contributed by atoms with Crippen LogP contribution in [0, 0.1) is 6.92 Å². The molecule has 33 heavy (non-hydrogen) atoms. The number of carbonyl (C=O) groups excluding carboxylic acids is 2. The minimum atomic E-state index is -3.64. The minimum Gasteiger partial charge on any atom is -0.448 e. The second-order valence-electron chi connectivity index (χ2n) is 7.60. The van der Waals surface area contributed by atoms with Gasteiger partial charge < -0.3 is 10.1 Å². The number of ether oxygens (including phenoxy) is 1. The van der Waals surface area contributed by atoms with Crippen molar-refractivity contribution in [3.63, 3.8) is 0 Å². The van der Waals surface area contributed by atoms with Gasteiger partial charge in [-0.2, -0.15) is 9.90 Å². The largest absolute Gasteiger partial charge is 0.448 e. The van der Waals surface area contributed by atoms with E-state index in [9.17, 15) is 18.0 Å². The number of para-hydroxylation sites is 1. The molecule has 3 rings (SSSR count). The lowest BCUT2D eigenvalue weighted by atomic mass is 10.3.